The van der Waals surface area contributed by atoms with E-state index < -0.39 is 5.82 Å². The van der Waals surface area contributed by atoms with Crippen LogP contribution in [0.3, 0.4) is 0 Å². The van der Waals surface area contributed by atoms with Crippen molar-refractivity contribution in [2.75, 3.05) is 27.2 Å². The Morgan fingerprint density at radius 2 is 2.20 bits per heavy atom. The number of nitrogens with two attached hydrogens (primary N) is 1. The molecule has 0 bridgehead atoms. The summed E-state index contributed by atoms with van der Waals surface area (Å²) < 4.78 is 13.2. The van der Waals surface area contributed by atoms with Crippen LogP contribution in [0.5, 0.6) is 0 Å². The highest BCUT2D eigenvalue weighted by Crippen LogP contribution is 2.10. The standard InChI is InChI=1S/C15H20FN3O/c1-11(10-19(2)3)18-15(20)14-7-6-13(16)9-12(14)5-4-8-17/h6-7,9,11H,8,10,17H2,1-3H3,(H,18,20). The zero-order chi connectivity index (χ0) is 15.1. The van der Waals surface area contributed by atoms with Crippen LogP contribution >= 0.6 is 0 Å². The smallest absolute Gasteiger partial charge is 0.252 e. The number of likely N-dealkylation sites (N-methyl/N-ethyl adjacent to an activating group) is 1. The van der Waals surface area contributed by atoms with Gasteiger partial charge in [-0.1, -0.05) is 11.8 Å². The van der Waals surface area contributed by atoms with Crippen LogP contribution in [0.1, 0.15) is 22.8 Å². The predicted molar refractivity (Wildman–Crippen MR) is 77.8 cm³/mol. The molecule has 1 aromatic rings. The Morgan fingerprint density at radius 1 is 1.50 bits per heavy atom. The van der Waals surface area contributed by atoms with E-state index in [2.05, 4.69) is 17.2 Å². The number of benzene rings is 1. The SMILES string of the molecule is CC(CN(C)C)NC(=O)c1ccc(F)cc1C#CCN. The van der Waals surface area contributed by atoms with Crippen molar-refractivity contribution >= 4 is 5.91 Å². The largest absolute Gasteiger partial charge is 0.348 e. The second kappa shape index (κ2) is 7.63. The van der Waals surface area contributed by atoms with Gasteiger partial charge in [0.1, 0.15) is 5.82 Å². The molecule has 0 saturated heterocycles. The Hall–Kier alpha value is -1.90. The second-order valence-corrected chi connectivity index (χ2v) is 4.83. The van der Waals surface area contributed by atoms with Crippen molar-refractivity contribution in [3.05, 3.63) is 35.1 Å². The predicted octanol–water partition coefficient (Wildman–Crippen LogP) is 0.816. The highest BCUT2D eigenvalue weighted by Gasteiger charge is 2.14. The Balaban J connectivity index is 2.92. The second-order valence-electron chi connectivity index (χ2n) is 4.83. The number of carbonyl (C=O) groups excluding carboxylic acids is 1. The van der Waals surface area contributed by atoms with Crippen LogP contribution in [-0.4, -0.2) is 44.0 Å². The van der Waals surface area contributed by atoms with Gasteiger partial charge in [-0.3, -0.25) is 4.79 Å². The summed E-state index contributed by atoms with van der Waals surface area (Å²) in [6.45, 7) is 2.79. The third-order valence-electron chi connectivity index (χ3n) is 2.57. The molecule has 0 aliphatic heterocycles. The molecule has 0 saturated carbocycles. The Bertz CT molecular complexity index is 532. The van der Waals surface area contributed by atoms with E-state index in [4.69, 9.17) is 5.73 Å². The average molecular weight is 277 g/mol. The highest BCUT2D eigenvalue weighted by molar-refractivity contribution is 5.96. The fourth-order valence-electron chi connectivity index (χ4n) is 1.86. The average Bonchev–Trinajstić information content (AvgIpc) is 2.35. The van der Waals surface area contributed by atoms with Crippen molar-refractivity contribution < 1.29 is 9.18 Å². The molecule has 1 rings (SSSR count). The molecule has 1 unspecified atom stereocenters. The van der Waals surface area contributed by atoms with E-state index in [1.165, 1.54) is 18.2 Å². The van der Waals surface area contributed by atoms with Crippen molar-refractivity contribution in [3.8, 4) is 11.8 Å². The first-order chi connectivity index (χ1) is 9.43. The summed E-state index contributed by atoms with van der Waals surface area (Å²) in [6.07, 6.45) is 0. The number of carbonyl (C=O) groups is 1. The quantitative estimate of drug-likeness (QED) is 0.801. The van der Waals surface area contributed by atoms with E-state index in [1.54, 1.807) is 0 Å². The van der Waals surface area contributed by atoms with Gasteiger partial charge in [0.15, 0.2) is 0 Å². The maximum absolute atomic E-state index is 13.2. The lowest BCUT2D eigenvalue weighted by atomic mass is 10.1. The van der Waals surface area contributed by atoms with Crippen molar-refractivity contribution in [2.24, 2.45) is 5.73 Å². The molecule has 3 N–H and O–H groups in total. The fraction of sp³-hybridized carbons (Fsp3) is 0.400. The lowest BCUT2D eigenvalue weighted by Crippen LogP contribution is -2.39. The lowest BCUT2D eigenvalue weighted by Gasteiger charge is -2.18. The number of hydrogen-bond acceptors (Lipinski definition) is 3. The van der Waals surface area contributed by atoms with Crippen LogP contribution in [0.15, 0.2) is 18.2 Å². The Labute approximate surface area is 119 Å². The zero-order valence-corrected chi connectivity index (χ0v) is 12.0. The molecule has 1 atom stereocenters. The van der Waals surface area contributed by atoms with Gasteiger partial charge in [-0.25, -0.2) is 4.39 Å². The molecule has 0 aliphatic rings. The van der Waals surface area contributed by atoms with Crippen LogP contribution in [0.2, 0.25) is 0 Å². The summed E-state index contributed by atoms with van der Waals surface area (Å²) in [7, 11) is 3.86. The number of hydrogen-bond donors (Lipinski definition) is 2. The number of rotatable bonds is 4. The molecule has 0 aromatic heterocycles. The van der Waals surface area contributed by atoms with Crippen LogP contribution in [-0.2, 0) is 0 Å². The molecule has 0 fully saturated rings. The highest BCUT2D eigenvalue weighted by atomic mass is 19.1. The summed E-state index contributed by atoms with van der Waals surface area (Å²) in [6, 6.07) is 3.92. The van der Waals surface area contributed by atoms with Gasteiger partial charge in [0.05, 0.1) is 12.1 Å². The van der Waals surface area contributed by atoms with E-state index in [0.29, 0.717) is 11.1 Å². The number of halogens is 1. The molecule has 0 heterocycles. The summed E-state index contributed by atoms with van der Waals surface area (Å²) in [4.78, 5) is 14.2. The molecule has 108 valence electrons. The van der Waals surface area contributed by atoms with Crippen LogP contribution in [0, 0.1) is 17.7 Å². The monoisotopic (exact) mass is 277 g/mol. The Morgan fingerprint density at radius 3 is 2.80 bits per heavy atom. The first-order valence-electron chi connectivity index (χ1n) is 6.38. The molecule has 5 heteroatoms. The van der Waals surface area contributed by atoms with Gasteiger partial charge in [-0.2, -0.15) is 0 Å². The molecule has 0 aliphatic carbocycles. The molecular weight excluding hydrogens is 257 g/mol. The van der Waals surface area contributed by atoms with Crippen LogP contribution < -0.4 is 11.1 Å². The minimum Gasteiger partial charge on any atom is -0.348 e. The van der Waals surface area contributed by atoms with Gasteiger partial charge in [0, 0.05) is 18.2 Å². The van der Waals surface area contributed by atoms with E-state index in [9.17, 15) is 9.18 Å². The molecule has 20 heavy (non-hydrogen) atoms. The van der Waals surface area contributed by atoms with E-state index in [1.807, 2.05) is 25.9 Å². The summed E-state index contributed by atoms with van der Waals surface area (Å²) in [5.41, 5.74) is 6.01. The van der Waals surface area contributed by atoms with Crippen molar-refractivity contribution in [1.82, 2.24) is 10.2 Å². The van der Waals surface area contributed by atoms with Gasteiger partial charge < -0.3 is 16.0 Å². The van der Waals surface area contributed by atoms with Gasteiger partial charge in [0.25, 0.3) is 5.91 Å². The molecular formula is C15H20FN3O. The molecule has 1 amide bonds. The van der Waals surface area contributed by atoms with Crippen molar-refractivity contribution in [2.45, 2.75) is 13.0 Å². The first-order valence-corrected chi connectivity index (χ1v) is 6.38. The Kier molecular flexibility index (Phi) is 6.16. The van der Waals surface area contributed by atoms with Gasteiger partial charge in [-0.15, -0.1) is 0 Å². The molecule has 0 spiro atoms. The van der Waals surface area contributed by atoms with E-state index in [-0.39, 0.29) is 18.5 Å². The molecule has 4 nitrogen and oxygen atoms in total. The van der Waals surface area contributed by atoms with Crippen molar-refractivity contribution in [3.63, 3.8) is 0 Å². The summed E-state index contributed by atoms with van der Waals surface area (Å²) in [5, 5.41) is 2.86. The molecule has 1 aromatic carbocycles. The summed E-state index contributed by atoms with van der Waals surface area (Å²) >= 11 is 0. The third-order valence-corrected chi connectivity index (χ3v) is 2.57. The maximum atomic E-state index is 13.2. The first kappa shape index (κ1) is 16.2. The zero-order valence-electron chi connectivity index (χ0n) is 12.0. The van der Waals surface area contributed by atoms with Gasteiger partial charge in [0.2, 0.25) is 0 Å². The van der Waals surface area contributed by atoms with Gasteiger partial charge in [-0.05, 0) is 39.2 Å². The van der Waals surface area contributed by atoms with E-state index >= 15 is 0 Å². The van der Waals surface area contributed by atoms with Crippen LogP contribution in [0.25, 0.3) is 0 Å². The summed E-state index contributed by atoms with van der Waals surface area (Å²) in [5.74, 6) is 4.67. The number of amides is 1. The number of nitrogens with one attached hydrogen (secondary N) is 1. The molecule has 0 radical (unpaired) electrons. The third kappa shape index (κ3) is 5.00. The minimum absolute atomic E-state index is 0.0159. The minimum atomic E-state index is -0.427. The number of nitrogens with zero attached hydrogens (tertiary/aromatic N) is 1. The van der Waals surface area contributed by atoms with Crippen molar-refractivity contribution in [1.29, 1.82) is 0 Å². The lowest BCUT2D eigenvalue weighted by molar-refractivity contribution is 0.0934. The topological polar surface area (TPSA) is 58.4 Å². The van der Waals surface area contributed by atoms with Gasteiger partial charge >= 0.3 is 0 Å². The van der Waals surface area contributed by atoms with Crippen LogP contribution in [0.4, 0.5) is 4.39 Å². The fourth-order valence-corrected chi connectivity index (χ4v) is 1.86. The normalized spacial score (nSPS) is 11.7. The van der Waals surface area contributed by atoms with E-state index in [0.717, 1.165) is 6.54 Å². The maximum Gasteiger partial charge on any atom is 0.252 e.